The maximum atomic E-state index is 14.8. The van der Waals surface area contributed by atoms with Crippen LogP contribution in [0.2, 0.25) is 0 Å². The van der Waals surface area contributed by atoms with E-state index in [-0.39, 0.29) is 37.6 Å². The van der Waals surface area contributed by atoms with E-state index in [1.54, 1.807) is 18.3 Å². The summed E-state index contributed by atoms with van der Waals surface area (Å²) in [6.45, 7) is 2.30. The van der Waals surface area contributed by atoms with Crippen LogP contribution in [0.3, 0.4) is 0 Å². The Morgan fingerprint density at radius 1 is 1.36 bits per heavy atom. The van der Waals surface area contributed by atoms with E-state index in [4.69, 9.17) is 9.47 Å². The number of amides is 2. The van der Waals surface area contributed by atoms with Crippen molar-refractivity contribution >= 4 is 29.2 Å². The fraction of sp³-hybridized carbons (Fsp3) is 0.421. The van der Waals surface area contributed by atoms with Crippen molar-refractivity contribution in [2.45, 2.75) is 25.5 Å². The van der Waals surface area contributed by atoms with E-state index in [9.17, 15) is 18.8 Å². The lowest BCUT2D eigenvalue weighted by molar-refractivity contribution is -0.151. The van der Waals surface area contributed by atoms with Crippen LogP contribution in [0.1, 0.15) is 18.9 Å². The summed E-state index contributed by atoms with van der Waals surface area (Å²) in [7, 11) is 0. The standard InChI is InChI=1S/C19H20FN3O5/c1-11(24)21-6-15-8-23(19(26)28-15)13-2-3-16(17(20)5-13)12-4-14-10-27-18(25)9-22(14)7-12/h2-3,5,7,14-15H,4,6,8-10H2,1H3,(H,21,24)/t14?,15-/m0/s1. The molecule has 2 amide bonds. The first-order chi connectivity index (χ1) is 13.4. The van der Waals surface area contributed by atoms with Crippen LogP contribution in [0.15, 0.2) is 24.4 Å². The minimum atomic E-state index is -0.574. The molecule has 28 heavy (non-hydrogen) atoms. The van der Waals surface area contributed by atoms with Gasteiger partial charge in [0.05, 0.1) is 24.8 Å². The largest absolute Gasteiger partial charge is 0.462 e. The predicted molar refractivity (Wildman–Crippen MR) is 96.7 cm³/mol. The highest BCUT2D eigenvalue weighted by atomic mass is 19.1. The molecule has 3 aliphatic rings. The monoisotopic (exact) mass is 389 g/mol. The molecule has 0 aromatic heterocycles. The van der Waals surface area contributed by atoms with Crippen LogP contribution >= 0.6 is 0 Å². The molecule has 0 radical (unpaired) electrons. The average Bonchev–Trinajstić information content (AvgIpc) is 3.22. The number of nitrogens with one attached hydrogen (secondary N) is 1. The molecule has 0 spiro atoms. The number of hydrogen-bond acceptors (Lipinski definition) is 6. The molecule has 3 heterocycles. The van der Waals surface area contributed by atoms with Gasteiger partial charge >= 0.3 is 12.1 Å². The van der Waals surface area contributed by atoms with Gasteiger partial charge in [0.25, 0.3) is 0 Å². The van der Waals surface area contributed by atoms with Gasteiger partial charge in [0.2, 0.25) is 5.91 Å². The number of esters is 1. The van der Waals surface area contributed by atoms with Gasteiger partial charge in [0, 0.05) is 18.7 Å². The summed E-state index contributed by atoms with van der Waals surface area (Å²) in [6.07, 6.45) is 1.34. The molecular formula is C19H20FN3O5. The second-order valence-electron chi connectivity index (χ2n) is 7.09. The number of cyclic esters (lactones) is 2. The molecule has 1 aromatic rings. The van der Waals surface area contributed by atoms with E-state index in [1.165, 1.54) is 17.9 Å². The Labute approximate surface area is 160 Å². The molecule has 4 rings (SSSR count). The van der Waals surface area contributed by atoms with Gasteiger partial charge in [0.15, 0.2) is 0 Å². The Kier molecular flexibility index (Phi) is 4.66. The van der Waals surface area contributed by atoms with Crippen molar-refractivity contribution in [3.8, 4) is 0 Å². The van der Waals surface area contributed by atoms with Gasteiger partial charge in [-0.3, -0.25) is 14.5 Å². The van der Waals surface area contributed by atoms with E-state index in [0.717, 1.165) is 5.57 Å². The Balaban J connectivity index is 1.48. The van der Waals surface area contributed by atoms with Crippen molar-refractivity contribution in [3.63, 3.8) is 0 Å². The molecule has 2 atom stereocenters. The third kappa shape index (κ3) is 3.51. The molecule has 8 nitrogen and oxygen atoms in total. The van der Waals surface area contributed by atoms with E-state index < -0.39 is 18.0 Å². The SMILES string of the molecule is CC(=O)NC[C@H]1CN(c2ccc(C3=CN4CC(=O)OCC4C3)c(F)c2)C(=O)O1. The van der Waals surface area contributed by atoms with Gasteiger partial charge in [-0.05, 0) is 30.2 Å². The highest BCUT2D eigenvalue weighted by Gasteiger charge is 2.34. The highest BCUT2D eigenvalue weighted by Crippen LogP contribution is 2.34. The van der Waals surface area contributed by atoms with Crippen molar-refractivity contribution in [1.82, 2.24) is 10.2 Å². The summed E-state index contributed by atoms with van der Waals surface area (Å²) in [5.74, 6) is -0.946. The summed E-state index contributed by atoms with van der Waals surface area (Å²) in [5.41, 5.74) is 1.62. The summed E-state index contributed by atoms with van der Waals surface area (Å²) < 4.78 is 25.1. The number of anilines is 1. The van der Waals surface area contributed by atoms with Gasteiger partial charge in [-0.25, -0.2) is 9.18 Å². The molecule has 9 heteroatoms. The molecule has 0 saturated carbocycles. The van der Waals surface area contributed by atoms with Crippen molar-refractivity contribution < 1.29 is 28.2 Å². The molecule has 0 aliphatic carbocycles. The number of carbonyl (C=O) groups excluding carboxylic acids is 3. The maximum absolute atomic E-state index is 14.8. The average molecular weight is 389 g/mol. The first kappa shape index (κ1) is 18.3. The Hall–Kier alpha value is -3.10. The summed E-state index contributed by atoms with van der Waals surface area (Å²) in [6, 6.07) is 4.64. The summed E-state index contributed by atoms with van der Waals surface area (Å²) in [5, 5.41) is 2.60. The molecule has 2 fully saturated rings. The van der Waals surface area contributed by atoms with Gasteiger partial charge in [-0.15, -0.1) is 0 Å². The first-order valence-electron chi connectivity index (χ1n) is 9.05. The number of fused-ring (bicyclic) bond motifs is 1. The van der Waals surface area contributed by atoms with E-state index >= 15 is 0 Å². The minimum Gasteiger partial charge on any atom is -0.462 e. The lowest BCUT2D eigenvalue weighted by Gasteiger charge is -2.28. The summed E-state index contributed by atoms with van der Waals surface area (Å²) >= 11 is 0. The zero-order valence-corrected chi connectivity index (χ0v) is 15.3. The third-order valence-electron chi connectivity index (χ3n) is 5.06. The fourth-order valence-electron chi connectivity index (χ4n) is 3.65. The Morgan fingerprint density at radius 3 is 2.93 bits per heavy atom. The van der Waals surface area contributed by atoms with Crippen LogP contribution in [0.25, 0.3) is 5.57 Å². The highest BCUT2D eigenvalue weighted by molar-refractivity contribution is 5.90. The lowest BCUT2D eigenvalue weighted by atomic mass is 10.0. The molecule has 3 aliphatic heterocycles. The second-order valence-corrected chi connectivity index (χ2v) is 7.09. The zero-order chi connectivity index (χ0) is 19.8. The summed E-state index contributed by atoms with van der Waals surface area (Å²) in [4.78, 5) is 37.7. The van der Waals surface area contributed by atoms with Gasteiger partial charge in [-0.2, -0.15) is 0 Å². The number of benzene rings is 1. The number of morpholine rings is 1. The quantitative estimate of drug-likeness (QED) is 0.780. The normalized spacial score (nSPS) is 23.9. The minimum absolute atomic E-state index is 0.0369. The first-order valence-corrected chi connectivity index (χ1v) is 9.05. The molecule has 0 bridgehead atoms. The predicted octanol–water partition coefficient (Wildman–Crippen LogP) is 1.26. The van der Waals surface area contributed by atoms with Crippen molar-refractivity contribution in [2.75, 3.05) is 31.1 Å². The Morgan fingerprint density at radius 2 is 2.18 bits per heavy atom. The second kappa shape index (κ2) is 7.14. The fourth-order valence-corrected chi connectivity index (χ4v) is 3.65. The van der Waals surface area contributed by atoms with Crippen LogP contribution in [0.5, 0.6) is 0 Å². The van der Waals surface area contributed by atoms with Crippen molar-refractivity contribution in [1.29, 1.82) is 0 Å². The molecule has 1 N–H and O–H groups in total. The van der Waals surface area contributed by atoms with E-state index in [1.807, 2.05) is 4.90 Å². The Bertz CT molecular complexity index is 871. The van der Waals surface area contributed by atoms with Crippen molar-refractivity contribution in [3.05, 3.63) is 35.8 Å². The van der Waals surface area contributed by atoms with Gasteiger partial charge in [0.1, 0.15) is 25.1 Å². The number of carbonyl (C=O) groups is 3. The van der Waals surface area contributed by atoms with Gasteiger partial charge < -0.3 is 19.7 Å². The van der Waals surface area contributed by atoms with Crippen LogP contribution in [0, 0.1) is 5.82 Å². The van der Waals surface area contributed by atoms with Gasteiger partial charge in [-0.1, -0.05) is 0 Å². The number of nitrogens with zero attached hydrogens (tertiary/aromatic N) is 2. The number of ether oxygens (including phenoxy) is 2. The molecule has 1 unspecified atom stereocenters. The topological polar surface area (TPSA) is 88.2 Å². The molecule has 2 saturated heterocycles. The van der Waals surface area contributed by atoms with Crippen molar-refractivity contribution in [2.24, 2.45) is 0 Å². The van der Waals surface area contributed by atoms with Crippen LogP contribution < -0.4 is 10.2 Å². The number of hydrogen-bond donors (Lipinski definition) is 1. The van der Waals surface area contributed by atoms with E-state index in [2.05, 4.69) is 5.32 Å². The lowest BCUT2D eigenvalue weighted by Crippen LogP contribution is -2.42. The number of halogens is 1. The van der Waals surface area contributed by atoms with Crippen LogP contribution in [-0.4, -0.2) is 61.3 Å². The van der Waals surface area contributed by atoms with E-state index in [0.29, 0.717) is 24.3 Å². The van der Waals surface area contributed by atoms with Crippen LogP contribution in [-0.2, 0) is 19.1 Å². The smallest absolute Gasteiger partial charge is 0.414 e. The van der Waals surface area contributed by atoms with Crippen LogP contribution in [0.4, 0.5) is 14.9 Å². The molecule has 1 aromatic carbocycles. The molecular weight excluding hydrogens is 369 g/mol. The molecule has 148 valence electrons. The third-order valence-corrected chi connectivity index (χ3v) is 5.06. The maximum Gasteiger partial charge on any atom is 0.414 e. The zero-order valence-electron chi connectivity index (χ0n) is 15.3. The number of rotatable bonds is 4.